The molecule has 1 aliphatic heterocycles. The van der Waals surface area contributed by atoms with E-state index in [2.05, 4.69) is 0 Å². The number of nitro groups is 1. The molecule has 0 amide bonds. The second-order valence-corrected chi connectivity index (χ2v) is 5.52. The number of benzene rings is 1. The van der Waals surface area contributed by atoms with Crippen molar-refractivity contribution in [2.75, 3.05) is 23.7 Å². The third-order valence-corrected chi connectivity index (χ3v) is 4.08. The predicted octanol–water partition coefficient (Wildman–Crippen LogP) is 3.69. The highest BCUT2D eigenvalue weighted by atomic mass is 35.5. The molecule has 1 aromatic rings. The smallest absolute Gasteiger partial charge is 0.393 e. The average Bonchev–Trinajstić information content (AvgIpc) is 2.46. The largest absolute Gasteiger partial charge is 0.393 e. The van der Waals surface area contributed by atoms with Crippen LogP contribution in [0, 0.1) is 16.0 Å². The number of nitrogens with two attached hydrogens (primary N) is 1. The summed E-state index contributed by atoms with van der Waals surface area (Å²) in [6.07, 6.45) is -3.78. The molecule has 1 unspecified atom stereocenters. The Bertz CT molecular complexity index is 580. The maximum atomic E-state index is 12.9. The Morgan fingerprint density at radius 2 is 2.14 bits per heavy atom. The fourth-order valence-electron chi connectivity index (χ4n) is 2.66. The highest BCUT2D eigenvalue weighted by Crippen LogP contribution is 2.38. The van der Waals surface area contributed by atoms with Crippen LogP contribution in [0.2, 0.25) is 0 Å². The van der Waals surface area contributed by atoms with Gasteiger partial charge in [-0.1, -0.05) is 0 Å². The molecule has 5 nitrogen and oxygen atoms in total. The van der Waals surface area contributed by atoms with Gasteiger partial charge in [-0.2, -0.15) is 13.2 Å². The molecule has 0 aliphatic carbocycles. The van der Waals surface area contributed by atoms with Gasteiger partial charge in [0.15, 0.2) is 0 Å². The van der Waals surface area contributed by atoms with E-state index in [-0.39, 0.29) is 30.2 Å². The Kier molecular flexibility index (Phi) is 4.69. The Morgan fingerprint density at radius 1 is 1.45 bits per heavy atom. The molecular formula is C13H15ClF3N3O2. The van der Waals surface area contributed by atoms with Crippen molar-refractivity contribution in [3.8, 4) is 0 Å². The van der Waals surface area contributed by atoms with Crippen molar-refractivity contribution in [2.24, 2.45) is 5.92 Å². The number of rotatable bonds is 3. The summed E-state index contributed by atoms with van der Waals surface area (Å²) in [4.78, 5) is 11.8. The van der Waals surface area contributed by atoms with Crippen LogP contribution in [-0.2, 0) is 5.88 Å². The molecule has 122 valence electrons. The maximum absolute atomic E-state index is 12.9. The molecule has 2 N–H and O–H groups in total. The normalized spacial score (nSPS) is 19.3. The van der Waals surface area contributed by atoms with E-state index < -0.39 is 17.0 Å². The monoisotopic (exact) mass is 337 g/mol. The van der Waals surface area contributed by atoms with E-state index in [4.69, 9.17) is 17.3 Å². The number of alkyl halides is 4. The minimum absolute atomic E-state index is 0.0381. The molecule has 1 saturated heterocycles. The van der Waals surface area contributed by atoms with Gasteiger partial charge in [-0.05, 0) is 24.5 Å². The summed E-state index contributed by atoms with van der Waals surface area (Å²) in [6.45, 7) is 0.248. The zero-order valence-electron chi connectivity index (χ0n) is 11.6. The van der Waals surface area contributed by atoms with Crippen LogP contribution in [0.25, 0.3) is 0 Å². The summed E-state index contributed by atoms with van der Waals surface area (Å²) in [5, 5.41) is 10.9. The summed E-state index contributed by atoms with van der Waals surface area (Å²) in [5.41, 5.74) is 6.12. The summed E-state index contributed by atoms with van der Waals surface area (Å²) in [7, 11) is 0. The molecule has 22 heavy (non-hydrogen) atoms. The molecule has 1 fully saturated rings. The number of nitrogens with zero attached hydrogens (tertiary/aromatic N) is 2. The van der Waals surface area contributed by atoms with Crippen LogP contribution in [0.3, 0.4) is 0 Å². The average molecular weight is 338 g/mol. The standard InChI is InChI=1S/C13H15ClF3N3O2/c14-6-8-4-12(20(21)22)10(18)5-11(8)19-3-1-2-9(7-19)13(15,16)17/h4-5,9H,1-3,6-7,18H2. The van der Waals surface area contributed by atoms with Crippen molar-refractivity contribution < 1.29 is 18.1 Å². The summed E-state index contributed by atoms with van der Waals surface area (Å²) >= 11 is 5.79. The van der Waals surface area contributed by atoms with Crippen molar-refractivity contribution in [1.82, 2.24) is 0 Å². The van der Waals surface area contributed by atoms with Gasteiger partial charge in [0.1, 0.15) is 5.69 Å². The molecule has 1 heterocycles. The van der Waals surface area contributed by atoms with Gasteiger partial charge in [-0.3, -0.25) is 10.1 Å². The van der Waals surface area contributed by atoms with E-state index in [1.165, 1.54) is 12.1 Å². The fourth-order valence-corrected chi connectivity index (χ4v) is 2.87. The number of hydrogen-bond acceptors (Lipinski definition) is 4. The molecule has 0 aromatic heterocycles. The van der Waals surface area contributed by atoms with Crippen molar-refractivity contribution in [2.45, 2.75) is 24.9 Å². The number of halogens is 4. The van der Waals surface area contributed by atoms with Crippen molar-refractivity contribution >= 4 is 28.7 Å². The van der Waals surface area contributed by atoms with E-state index in [0.717, 1.165) is 0 Å². The zero-order valence-corrected chi connectivity index (χ0v) is 12.3. The lowest BCUT2D eigenvalue weighted by Gasteiger charge is -2.36. The Morgan fingerprint density at radius 3 is 2.68 bits per heavy atom. The highest BCUT2D eigenvalue weighted by Gasteiger charge is 2.42. The molecule has 2 rings (SSSR count). The van der Waals surface area contributed by atoms with Crippen molar-refractivity contribution in [3.63, 3.8) is 0 Å². The van der Waals surface area contributed by atoms with Crippen LogP contribution in [0.1, 0.15) is 18.4 Å². The number of anilines is 2. The van der Waals surface area contributed by atoms with Gasteiger partial charge in [0, 0.05) is 30.7 Å². The zero-order chi connectivity index (χ0) is 16.5. The molecule has 1 aromatic carbocycles. The number of piperidine rings is 1. The highest BCUT2D eigenvalue weighted by molar-refractivity contribution is 6.17. The first-order valence-electron chi connectivity index (χ1n) is 6.68. The van der Waals surface area contributed by atoms with Crippen LogP contribution in [0.5, 0.6) is 0 Å². The van der Waals surface area contributed by atoms with Gasteiger partial charge >= 0.3 is 6.18 Å². The number of nitrogen functional groups attached to an aromatic ring is 1. The van der Waals surface area contributed by atoms with Crippen molar-refractivity contribution in [3.05, 3.63) is 27.8 Å². The third-order valence-electron chi connectivity index (χ3n) is 3.79. The first-order chi connectivity index (χ1) is 10.2. The molecule has 1 atom stereocenters. The lowest BCUT2D eigenvalue weighted by atomic mass is 9.96. The molecule has 9 heteroatoms. The Balaban J connectivity index is 2.35. The molecule has 1 aliphatic rings. The van der Waals surface area contributed by atoms with Crippen LogP contribution in [0.4, 0.5) is 30.2 Å². The third kappa shape index (κ3) is 3.37. The Hall–Kier alpha value is -1.70. The van der Waals surface area contributed by atoms with Gasteiger partial charge in [0.25, 0.3) is 5.69 Å². The molecular weight excluding hydrogens is 323 g/mol. The molecule has 0 saturated carbocycles. The maximum Gasteiger partial charge on any atom is 0.393 e. The lowest BCUT2D eigenvalue weighted by Crippen LogP contribution is -2.42. The molecule has 0 radical (unpaired) electrons. The summed E-state index contributed by atoms with van der Waals surface area (Å²) in [5.74, 6) is -1.45. The topological polar surface area (TPSA) is 72.4 Å². The second-order valence-electron chi connectivity index (χ2n) is 5.26. The van der Waals surface area contributed by atoms with Crippen LogP contribution < -0.4 is 10.6 Å². The Labute approximate surface area is 130 Å². The minimum atomic E-state index is -4.26. The first kappa shape index (κ1) is 16.7. The van der Waals surface area contributed by atoms with E-state index in [9.17, 15) is 23.3 Å². The summed E-state index contributed by atoms with van der Waals surface area (Å²) < 4.78 is 38.7. The second kappa shape index (κ2) is 6.20. The van der Waals surface area contributed by atoms with Gasteiger partial charge in [0.2, 0.25) is 0 Å². The first-order valence-corrected chi connectivity index (χ1v) is 7.22. The van der Waals surface area contributed by atoms with Gasteiger partial charge in [-0.15, -0.1) is 11.6 Å². The van der Waals surface area contributed by atoms with E-state index in [1.807, 2.05) is 0 Å². The van der Waals surface area contributed by atoms with E-state index in [1.54, 1.807) is 4.90 Å². The predicted molar refractivity (Wildman–Crippen MR) is 78.1 cm³/mol. The van der Waals surface area contributed by atoms with E-state index >= 15 is 0 Å². The van der Waals surface area contributed by atoms with Crippen LogP contribution in [-0.4, -0.2) is 24.2 Å². The lowest BCUT2D eigenvalue weighted by molar-refractivity contribution is -0.383. The van der Waals surface area contributed by atoms with Gasteiger partial charge < -0.3 is 10.6 Å². The molecule has 0 bridgehead atoms. The number of nitro benzene ring substituents is 1. The number of hydrogen-bond donors (Lipinski definition) is 1. The van der Waals surface area contributed by atoms with Gasteiger partial charge in [-0.25, -0.2) is 0 Å². The summed E-state index contributed by atoms with van der Waals surface area (Å²) in [6, 6.07) is 2.57. The molecule has 0 spiro atoms. The van der Waals surface area contributed by atoms with Gasteiger partial charge in [0.05, 0.1) is 10.8 Å². The van der Waals surface area contributed by atoms with Crippen LogP contribution >= 0.6 is 11.6 Å². The van der Waals surface area contributed by atoms with E-state index in [0.29, 0.717) is 24.2 Å². The quantitative estimate of drug-likeness (QED) is 0.395. The fraction of sp³-hybridized carbons (Fsp3) is 0.538. The SMILES string of the molecule is Nc1cc(N2CCCC(C(F)(F)F)C2)c(CCl)cc1[N+](=O)[O-]. The van der Waals surface area contributed by atoms with Crippen LogP contribution in [0.15, 0.2) is 12.1 Å². The minimum Gasteiger partial charge on any atom is -0.393 e. The van der Waals surface area contributed by atoms with Crippen molar-refractivity contribution in [1.29, 1.82) is 0 Å².